The molecule has 4 atom stereocenters. The van der Waals surface area contributed by atoms with Crippen molar-refractivity contribution < 1.29 is 57.4 Å². The third-order valence-corrected chi connectivity index (χ3v) is 15.0. The van der Waals surface area contributed by atoms with E-state index in [2.05, 4.69) is 16.7 Å². The van der Waals surface area contributed by atoms with Crippen LogP contribution in [0.1, 0.15) is 119 Å². The minimum absolute atomic E-state index is 0.00236. The average Bonchev–Trinajstić information content (AvgIpc) is 4.10. The van der Waals surface area contributed by atoms with Crippen LogP contribution in [0.3, 0.4) is 0 Å². The van der Waals surface area contributed by atoms with Crippen LogP contribution in [0.25, 0.3) is 0 Å². The average molecular weight is 1060 g/mol. The minimum atomic E-state index is -0.903. The first-order chi connectivity index (χ1) is 37.6. The Morgan fingerprint density at radius 3 is 2.08 bits per heavy atom. The zero-order valence-corrected chi connectivity index (χ0v) is 43.9. The maximum absolute atomic E-state index is 14.1. The SMILES string of the molecule is COc1cc2c(cc1OCc1cc(COc3cc4c(cc3C)C(=O)N3c5ccccc5C[C@H]3CC4)cc(NC(=O)[C@@H](C)CC(=O)[C@@H](C)NC(=O)CCCCC(=O)ON3C(=O)CCC3=O)c1)N=C[C@@H]1Cc3ccccc3N1C2=O. The number of rotatable bonds is 19. The van der Waals surface area contributed by atoms with Gasteiger partial charge < -0.3 is 34.6 Å². The van der Waals surface area contributed by atoms with E-state index in [0.29, 0.717) is 68.8 Å². The summed E-state index contributed by atoms with van der Waals surface area (Å²) in [7, 11) is 1.50. The Labute approximate surface area is 451 Å². The Morgan fingerprint density at radius 2 is 1.36 bits per heavy atom. The summed E-state index contributed by atoms with van der Waals surface area (Å²) in [6, 6.07) is 27.5. The van der Waals surface area contributed by atoms with Crippen LogP contribution in [-0.4, -0.2) is 83.7 Å². The molecule has 0 radical (unpaired) electrons. The fourth-order valence-corrected chi connectivity index (χ4v) is 10.8. The zero-order chi connectivity index (χ0) is 54.8. The molecule has 18 nitrogen and oxygen atoms in total. The van der Waals surface area contributed by atoms with Gasteiger partial charge in [0.1, 0.15) is 19.0 Å². The number of fused-ring (bicyclic) bond motifs is 8. The molecule has 5 aliphatic heterocycles. The van der Waals surface area contributed by atoms with E-state index >= 15 is 0 Å². The number of amides is 6. The molecule has 5 aromatic carbocycles. The first-order valence-corrected chi connectivity index (χ1v) is 26.4. The molecule has 18 heteroatoms. The number of aryl methyl sites for hydroxylation is 2. The maximum atomic E-state index is 14.1. The number of para-hydroxylation sites is 2. The van der Waals surface area contributed by atoms with Crippen LogP contribution in [0.15, 0.2) is 96.0 Å². The number of nitrogens with zero attached hydrogens (tertiary/aromatic N) is 4. The molecule has 0 aromatic heterocycles. The van der Waals surface area contributed by atoms with E-state index in [1.807, 2.05) is 72.5 Å². The molecule has 5 aromatic rings. The molecule has 6 amide bonds. The number of Topliss-reactive ketones (excluding diaryl/α,β-unsaturated/α-hetero) is 1. The molecule has 0 aliphatic carbocycles. The Balaban J connectivity index is 0.816. The van der Waals surface area contributed by atoms with E-state index in [9.17, 15) is 38.4 Å². The van der Waals surface area contributed by atoms with E-state index in [1.165, 1.54) is 12.7 Å². The van der Waals surface area contributed by atoms with Gasteiger partial charge in [0, 0.05) is 85.4 Å². The fourth-order valence-electron chi connectivity index (χ4n) is 10.8. The summed E-state index contributed by atoms with van der Waals surface area (Å²) in [5, 5.41) is 6.12. The van der Waals surface area contributed by atoms with Gasteiger partial charge >= 0.3 is 5.97 Å². The van der Waals surface area contributed by atoms with Crippen LogP contribution < -0.4 is 34.6 Å². The third-order valence-electron chi connectivity index (χ3n) is 15.0. The second-order valence-electron chi connectivity index (χ2n) is 20.6. The standard InChI is InChI=1S/C60H60N6O12/c1-34-21-45-39(17-18-43-26-40-11-5-7-13-48(40)64(43)59(45)73)28-51(34)76-32-37-23-38(33-77-53-30-47-46(29-52(53)75-4)60(74)65-44(31-61-47)27-41-12-6-8-14-49(41)65)25-42(24-37)63-58(72)35(2)22-50(67)36(3)62-54(68)15-9-10-16-57(71)78-66-55(69)19-20-56(66)70/h5-8,11-14,21,23-25,28-31,35-36,43-44H,9-10,15-20,22,26-27,32-33H2,1-4H3,(H,62,68)(H,63,72)/t35-,36+,43+,44-/m0/s1. The quantitative estimate of drug-likeness (QED) is 0.0591. The van der Waals surface area contributed by atoms with E-state index in [1.54, 1.807) is 49.2 Å². The number of aliphatic imine (C=N–C) groups is 1. The van der Waals surface area contributed by atoms with Gasteiger partial charge in [-0.05, 0) is 128 Å². The number of unbranched alkanes of at least 4 members (excludes halogenated alkanes) is 1. The molecule has 78 heavy (non-hydrogen) atoms. The highest BCUT2D eigenvalue weighted by molar-refractivity contribution is 6.15. The first kappa shape index (κ1) is 52.8. The molecule has 0 saturated carbocycles. The second kappa shape index (κ2) is 22.5. The highest BCUT2D eigenvalue weighted by atomic mass is 16.7. The van der Waals surface area contributed by atoms with Crippen LogP contribution in [0.4, 0.5) is 22.7 Å². The number of hydrogen-bond donors (Lipinski definition) is 2. The summed E-state index contributed by atoms with van der Waals surface area (Å²) in [4.78, 5) is 117. The Kier molecular flexibility index (Phi) is 15.2. The van der Waals surface area contributed by atoms with Crippen LogP contribution >= 0.6 is 0 Å². The van der Waals surface area contributed by atoms with E-state index in [4.69, 9.17) is 24.0 Å². The van der Waals surface area contributed by atoms with Crippen LogP contribution in [0.5, 0.6) is 17.2 Å². The van der Waals surface area contributed by atoms with Crippen molar-refractivity contribution in [3.8, 4) is 17.2 Å². The van der Waals surface area contributed by atoms with Crippen molar-refractivity contribution in [2.24, 2.45) is 10.9 Å². The molecule has 5 heterocycles. The van der Waals surface area contributed by atoms with Crippen molar-refractivity contribution >= 4 is 76.2 Å². The second-order valence-corrected chi connectivity index (χ2v) is 20.6. The van der Waals surface area contributed by atoms with E-state index in [0.717, 1.165) is 40.9 Å². The van der Waals surface area contributed by atoms with Gasteiger partial charge in [0.2, 0.25) is 11.8 Å². The van der Waals surface area contributed by atoms with Crippen LogP contribution in [-0.2, 0) is 66.1 Å². The lowest BCUT2D eigenvalue weighted by atomic mass is 9.98. The lowest BCUT2D eigenvalue weighted by molar-refractivity contribution is -0.197. The van der Waals surface area contributed by atoms with Crippen molar-refractivity contribution in [1.82, 2.24) is 10.4 Å². The number of hydrogen-bond acceptors (Lipinski definition) is 13. The molecule has 402 valence electrons. The van der Waals surface area contributed by atoms with Gasteiger partial charge in [-0.2, -0.15) is 0 Å². The maximum Gasteiger partial charge on any atom is 0.333 e. The van der Waals surface area contributed by atoms with Crippen molar-refractivity contribution in [2.75, 3.05) is 22.2 Å². The Bertz CT molecular complexity index is 3300. The lowest BCUT2D eigenvalue weighted by Gasteiger charge is -2.23. The van der Waals surface area contributed by atoms with Gasteiger partial charge in [0.25, 0.3) is 23.6 Å². The first-order valence-electron chi connectivity index (χ1n) is 26.4. The summed E-state index contributed by atoms with van der Waals surface area (Å²) in [6.07, 6.45) is 5.00. The predicted molar refractivity (Wildman–Crippen MR) is 288 cm³/mol. The Hall–Kier alpha value is -8.67. The van der Waals surface area contributed by atoms with Gasteiger partial charge in [-0.25, -0.2) is 4.79 Å². The largest absolute Gasteiger partial charge is 0.493 e. The molecule has 1 fully saturated rings. The molecule has 0 bridgehead atoms. The number of imide groups is 1. The highest BCUT2D eigenvalue weighted by Gasteiger charge is 2.39. The molecule has 2 N–H and O–H groups in total. The number of anilines is 3. The molecule has 10 rings (SSSR count). The summed E-state index contributed by atoms with van der Waals surface area (Å²) in [5.74, 6) is -2.85. The number of hydroxylamine groups is 2. The summed E-state index contributed by atoms with van der Waals surface area (Å²) in [6.45, 7) is 5.16. The van der Waals surface area contributed by atoms with E-state index in [-0.39, 0.29) is 87.8 Å². The van der Waals surface area contributed by atoms with E-state index < -0.39 is 41.6 Å². The van der Waals surface area contributed by atoms with Gasteiger partial charge in [-0.3, -0.25) is 43.5 Å². The number of carbonyl (C=O) groups is 8. The Morgan fingerprint density at radius 1 is 0.705 bits per heavy atom. The van der Waals surface area contributed by atoms with Gasteiger partial charge in [0.15, 0.2) is 17.3 Å². The normalized spacial score (nSPS) is 17.6. The van der Waals surface area contributed by atoms with Crippen molar-refractivity contribution in [1.29, 1.82) is 0 Å². The lowest BCUT2D eigenvalue weighted by Crippen LogP contribution is -2.39. The topological polar surface area (TPSA) is 220 Å². The highest BCUT2D eigenvalue weighted by Crippen LogP contribution is 2.42. The number of methoxy groups -OCH3 is 1. The number of carbonyl (C=O) groups excluding carboxylic acids is 8. The molecular weight excluding hydrogens is 997 g/mol. The van der Waals surface area contributed by atoms with Crippen LogP contribution in [0, 0.1) is 12.8 Å². The minimum Gasteiger partial charge on any atom is -0.493 e. The third kappa shape index (κ3) is 11.1. The summed E-state index contributed by atoms with van der Waals surface area (Å²) < 4.78 is 18.7. The summed E-state index contributed by atoms with van der Waals surface area (Å²) >= 11 is 0. The zero-order valence-electron chi connectivity index (χ0n) is 43.9. The molecule has 0 unspecified atom stereocenters. The monoisotopic (exact) mass is 1060 g/mol. The molecule has 5 aliphatic rings. The molecule has 0 spiro atoms. The van der Waals surface area contributed by atoms with Gasteiger partial charge in [-0.15, -0.1) is 5.06 Å². The van der Waals surface area contributed by atoms with Gasteiger partial charge in [-0.1, -0.05) is 43.3 Å². The fraction of sp³-hybridized carbons (Fsp3) is 0.350. The van der Waals surface area contributed by atoms with Crippen molar-refractivity contribution in [2.45, 2.75) is 123 Å². The summed E-state index contributed by atoms with van der Waals surface area (Å²) in [5.41, 5.74) is 8.99. The van der Waals surface area contributed by atoms with Gasteiger partial charge in [0.05, 0.1) is 30.4 Å². The number of benzene rings is 5. The molecule has 1 saturated heterocycles. The predicted octanol–water partition coefficient (Wildman–Crippen LogP) is 8.17. The van der Waals surface area contributed by atoms with Crippen LogP contribution in [0.2, 0.25) is 0 Å². The molecular formula is C60H60N6O12. The number of ether oxygens (including phenoxy) is 3. The van der Waals surface area contributed by atoms with Crippen molar-refractivity contribution in [3.05, 3.63) is 136 Å². The van der Waals surface area contributed by atoms with Crippen molar-refractivity contribution in [3.63, 3.8) is 0 Å². The number of nitrogens with one attached hydrogen (secondary N) is 2. The smallest absolute Gasteiger partial charge is 0.333 e. The number of ketones is 1.